The van der Waals surface area contributed by atoms with Gasteiger partial charge in [0.2, 0.25) is 0 Å². The van der Waals surface area contributed by atoms with Gasteiger partial charge in [0, 0.05) is 24.9 Å². The Labute approximate surface area is 174 Å². The Morgan fingerprint density at radius 3 is 2.74 bits per heavy atom. The minimum atomic E-state index is -5.02. The van der Waals surface area contributed by atoms with Crippen LogP contribution in [0.25, 0.3) is 5.65 Å². The smallest absolute Gasteiger partial charge is 0.403 e. The minimum absolute atomic E-state index is 0.0371. The van der Waals surface area contributed by atoms with E-state index in [2.05, 4.69) is 20.1 Å². The average molecular weight is 438 g/mol. The summed E-state index contributed by atoms with van der Waals surface area (Å²) in [5.41, 5.74) is 1.71. The summed E-state index contributed by atoms with van der Waals surface area (Å²) in [6, 6.07) is 3.98. The number of halogens is 4. The molecule has 1 saturated carbocycles. The number of fused-ring (bicyclic) bond motifs is 1. The Bertz CT molecular complexity index is 1110. The number of hydrogen-bond donors (Lipinski definition) is 1. The molecule has 4 rings (SSSR count). The van der Waals surface area contributed by atoms with Crippen LogP contribution in [0.15, 0.2) is 36.7 Å². The standard InChI is InChI=1S/C20H18F4N4O3/c1-30-10-16(12-4-5-17(14(21)8-12)31-20(22,23)24)27-19(29)13-9-25-28-7-6-15(11-2-3-11)26-18(13)28/h4-9,11,16H,2-3,10H2,1H3,(H,27,29). The molecule has 7 nitrogen and oxygen atoms in total. The summed E-state index contributed by atoms with van der Waals surface area (Å²) in [6.45, 7) is -0.0371. The number of carbonyl (C=O) groups excluding carboxylic acids is 1. The van der Waals surface area contributed by atoms with Crippen LogP contribution < -0.4 is 10.1 Å². The van der Waals surface area contributed by atoms with E-state index < -0.39 is 29.9 Å². The van der Waals surface area contributed by atoms with Gasteiger partial charge >= 0.3 is 6.36 Å². The Morgan fingerprint density at radius 1 is 1.32 bits per heavy atom. The summed E-state index contributed by atoms with van der Waals surface area (Å²) >= 11 is 0. The zero-order valence-electron chi connectivity index (χ0n) is 16.3. The lowest BCUT2D eigenvalue weighted by Crippen LogP contribution is -2.31. The van der Waals surface area contributed by atoms with Crippen LogP contribution in [0.5, 0.6) is 5.75 Å². The second-order valence-corrected chi connectivity index (χ2v) is 7.17. The number of nitrogens with zero attached hydrogens (tertiary/aromatic N) is 3. The SMILES string of the molecule is COCC(NC(=O)c1cnn2ccc(C3CC3)nc12)c1ccc(OC(F)(F)F)c(F)c1. The molecule has 0 aliphatic heterocycles. The van der Waals surface area contributed by atoms with Crippen LogP contribution in [0.1, 0.15) is 46.4 Å². The van der Waals surface area contributed by atoms with E-state index in [-0.39, 0.29) is 17.7 Å². The van der Waals surface area contributed by atoms with Gasteiger partial charge in [0.05, 0.1) is 18.8 Å². The van der Waals surface area contributed by atoms with Crippen molar-refractivity contribution in [1.29, 1.82) is 0 Å². The first-order valence-electron chi connectivity index (χ1n) is 9.44. The number of amides is 1. The first-order chi connectivity index (χ1) is 14.7. The third-order valence-electron chi connectivity index (χ3n) is 4.85. The van der Waals surface area contributed by atoms with Gasteiger partial charge in [-0.3, -0.25) is 4.79 Å². The number of hydrogen-bond acceptors (Lipinski definition) is 5. The predicted molar refractivity (Wildman–Crippen MR) is 100 cm³/mol. The molecule has 11 heteroatoms. The fraction of sp³-hybridized carbons (Fsp3) is 0.350. The topological polar surface area (TPSA) is 77.8 Å². The van der Waals surface area contributed by atoms with E-state index in [1.807, 2.05) is 6.07 Å². The molecule has 1 amide bonds. The number of methoxy groups -OCH3 is 1. The van der Waals surface area contributed by atoms with E-state index in [0.717, 1.165) is 30.7 Å². The van der Waals surface area contributed by atoms with Crippen LogP contribution in [-0.4, -0.2) is 40.6 Å². The summed E-state index contributed by atoms with van der Waals surface area (Å²) < 4.78 is 61.4. The molecule has 3 aromatic rings. The number of rotatable bonds is 7. The Kier molecular flexibility index (Phi) is 5.52. The van der Waals surface area contributed by atoms with Gasteiger partial charge in [-0.15, -0.1) is 13.2 Å². The predicted octanol–water partition coefficient (Wildman–Crippen LogP) is 3.76. The summed E-state index contributed by atoms with van der Waals surface area (Å²) in [5, 5.41) is 6.83. The van der Waals surface area contributed by atoms with Crippen molar-refractivity contribution in [2.24, 2.45) is 0 Å². The summed E-state index contributed by atoms with van der Waals surface area (Å²) in [7, 11) is 1.38. The quantitative estimate of drug-likeness (QED) is 0.569. The number of ether oxygens (including phenoxy) is 2. The lowest BCUT2D eigenvalue weighted by Gasteiger charge is -2.19. The molecular weight excluding hydrogens is 420 g/mol. The minimum Gasteiger partial charge on any atom is -0.403 e. The number of benzene rings is 1. The van der Waals surface area contributed by atoms with Crippen LogP contribution in [0.4, 0.5) is 17.6 Å². The van der Waals surface area contributed by atoms with Gasteiger partial charge in [-0.1, -0.05) is 6.07 Å². The normalized spacial score (nSPS) is 15.1. The highest BCUT2D eigenvalue weighted by molar-refractivity contribution is 5.99. The molecule has 31 heavy (non-hydrogen) atoms. The molecule has 2 aromatic heterocycles. The molecule has 1 fully saturated rings. The van der Waals surface area contributed by atoms with E-state index in [0.29, 0.717) is 11.6 Å². The highest BCUT2D eigenvalue weighted by atomic mass is 19.4. The number of nitrogens with one attached hydrogen (secondary N) is 1. The maximum absolute atomic E-state index is 14.1. The molecule has 1 atom stereocenters. The van der Waals surface area contributed by atoms with Gasteiger partial charge in [-0.2, -0.15) is 5.10 Å². The molecule has 1 aliphatic carbocycles. The highest BCUT2D eigenvalue weighted by Gasteiger charge is 2.32. The molecule has 164 valence electrons. The number of aromatic nitrogens is 3. The van der Waals surface area contributed by atoms with Crippen molar-refractivity contribution in [3.8, 4) is 5.75 Å². The van der Waals surface area contributed by atoms with Crippen molar-refractivity contribution < 1.29 is 31.8 Å². The molecular formula is C20H18F4N4O3. The monoisotopic (exact) mass is 438 g/mol. The average Bonchev–Trinajstić information content (AvgIpc) is 3.47. The van der Waals surface area contributed by atoms with Crippen molar-refractivity contribution in [3.05, 3.63) is 59.3 Å². The third kappa shape index (κ3) is 4.76. The number of alkyl halides is 3. The molecule has 1 aliphatic rings. The summed E-state index contributed by atoms with van der Waals surface area (Å²) in [4.78, 5) is 17.4. The zero-order valence-corrected chi connectivity index (χ0v) is 16.3. The Hall–Kier alpha value is -3.21. The molecule has 1 unspecified atom stereocenters. The van der Waals surface area contributed by atoms with Gasteiger partial charge in [-0.05, 0) is 36.6 Å². The summed E-state index contributed by atoms with van der Waals surface area (Å²) in [5.74, 6) is -2.30. The van der Waals surface area contributed by atoms with Crippen LogP contribution in [0.2, 0.25) is 0 Å². The zero-order chi connectivity index (χ0) is 22.2. The van der Waals surface area contributed by atoms with Crippen LogP contribution in [-0.2, 0) is 4.74 Å². The Balaban J connectivity index is 1.57. The second-order valence-electron chi connectivity index (χ2n) is 7.17. The van der Waals surface area contributed by atoms with E-state index in [1.54, 1.807) is 6.20 Å². The van der Waals surface area contributed by atoms with Crippen LogP contribution >= 0.6 is 0 Å². The molecule has 0 spiro atoms. The van der Waals surface area contributed by atoms with Crippen molar-refractivity contribution in [2.75, 3.05) is 13.7 Å². The van der Waals surface area contributed by atoms with Crippen molar-refractivity contribution in [2.45, 2.75) is 31.2 Å². The van der Waals surface area contributed by atoms with E-state index in [4.69, 9.17) is 4.74 Å². The van der Waals surface area contributed by atoms with Crippen molar-refractivity contribution in [1.82, 2.24) is 19.9 Å². The third-order valence-corrected chi connectivity index (χ3v) is 4.85. The first kappa shape index (κ1) is 21.0. The van der Waals surface area contributed by atoms with Crippen molar-refractivity contribution in [3.63, 3.8) is 0 Å². The summed E-state index contributed by atoms with van der Waals surface area (Å²) in [6.07, 6.45) is 0.189. The molecule has 0 radical (unpaired) electrons. The van der Waals surface area contributed by atoms with Gasteiger partial charge in [0.25, 0.3) is 5.91 Å². The second kappa shape index (κ2) is 8.14. The Morgan fingerprint density at radius 2 is 2.10 bits per heavy atom. The van der Waals surface area contributed by atoms with Gasteiger partial charge in [-0.25, -0.2) is 13.9 Å². The number of carbonyl (C=O) groups is 1. The van der Waals surface area contributed by atoms with Gasteiger partial charge in [0.15, 0.2) is 17.2 Å². The van der Waals surface area contributed by atoms with Crippen molar-refractivity contribution >= 4 is 11.6 Å². The van der Waals surface area contributed by atoms with Crippen LogP contribution in [0, 0.1) is 5.82 Å². The molecule has 2 heterocycles. The lowest BCUT2D eigenvalue weighted by atomic mass is 10.1. The van der Waals surface area contributed by atoms with Gasteiger partial charge in [0.1, 0.15) is 5.56 Å². The molecule has 1 aromatic carbocycles. The molecule has 0 bridgehead atoms. The van der Waals surface area contributed by atoms with E-state index in [1.165, 1.54) is 23.9 Å². The maximum atomic E-state index is 14.1. The van der Waals surface area contributed by atoms with E-state index >= 15 is 0 Å². The first-order valence-corrected chi connectivity index (χ1v) is 9.44. The van der Waals surface area contributed by atoms with Gasteiger partial charge < -0.3 is 14.8 Å². The maximum Gasteiger partial charge on any atom is 0.573 e. The lowest BCUT2D eigenvalue weighted by molar-refractivity contribution is -0.275. The molecule has 1 N–H and O–H groups in total. The fourth-order valence-corrected chi connectivity index (χ4v) is 3.21. The fourth-order valence-electron chi connectivity index (χ4n) is 3.21. The van der Waals surface area contributed by atoms with E-state index in [9.17, 15) is 22.4 Å². The highest BCUT2D eigenvalue weighted by Crippen LogP contribution is 2.39. The van der Waals surface area contributed by atoms with Crippen LogP contribution in [0.3, 0.4) is 0 Å². The molecule has 0 saturated heterocycles. The largest absolute Gasteiger partial charge is 0.573 e.